The van der Waals surface area contributed by atoms with Crippen LogP contribution in [0.15, 0.2) is 23.8 Å². The number of rotatable bonds is 4. The molecule has 7 atom stereocenters. The zero-order valence-electron chi connectivity index (χ0n) is 15.2. The number of ketones is 2. The lowest BCUT2D eigenvalue weighted by atomic mass is 9.63. The van der Waals surface area contributed by atoms with Crippen LogP contribution in [0.2, 0.25) is 0 Å². The van der Waals surface area contributed by atoms with E-state index in [0.29, 0.717) is 13.0 Å². The van der Waals surface area contributed by atoms with E-state index in [1.165, 1.54) is 6.08 Å². The minimum Gasteiger partial charge on any atom is -0.370 e. The van der Waals surface area contributed by atoms with Crippen LogP contribution in [0, 0.1) is 23.7 Å². The zero-order chi connectivity index (χ0) is 18.4. The summed E-state index contributed by atoms with van der Waals surface area (Å²) < 4.78 is 12.5. The summed E-state index contributed by atoms with van der Waals surface area (Å²) in [5, 5.41) is 0. The van der Waals surface area contributed by atoms with Crippen LogP contribution in [0.25, 0.3) is 0 Å². The van der Waals surface area contributed by atoms with Crippen molar-refractivity contribution in [3.8, 4) is 0 Å². The molecule has 136 valence electrons. The third kappa shape index (κ3) is 3.04. The summed E-state index contributed by atoms with van der Waals surface area (Å²) in [6.45, 7) is 7.87. The monoisotopic (exact) mass is 346 g/mol. The third-order valence-electron chi connectivity index (χ3n) is 5.95. The number of carbonyl (C=O) groups is 3. The molecule has 2 saturated heterocycles. The number of hydrogen-bond donors (Lipinski definition) is 0. The molecule has 25 heavy (non-hydrogen) atoms. The van der Waals surface area contributed by atoms with Gasteiger partial charge in [0.25, 0.3) is 0 Å². The molecule has 7 unspecified atom stereocenters. The zero-order valence-corrected chi connectivity index (χ0v) is 15.2. The van der Waals surface area contributed by atoms with Gasteiger partial charge < -0.3 is 9.47 Å². The van der Waals surface area contributed by atoms with Gasteiger partial charge in [0.15, 0.2) is 5.78 Å². The van der Waals surface area contributed by atoms with Crippen molar-refractivity contribution in [2.24, 2.45) is 23.7 Å². The van der Waals surface area contributed by atoms with Crippen molar-refractivity contribution < 1.29 is 23.9 Å². The first-order chi connectivity index (χ1) is 11.8. The van der Waals surface area contributed by atoms with Gasteiger partial charge in [0, 0.05) is 24.2 Å². The maximum atomic E-state index is 12.7. The largest absolute Gasteiger partial charge is 0.370 e. The van der Waals surface area contributed by atoms with Crippen LogP contribution in [0.3, 0.4) is 0 Å². The molecule has 2 heterocycles. The first kappa shape index (κ1) is 18.2. The molecule has 0 radical (unpaired) electrons. The van der Waals surface area contributed by atoms with Crippen LogP contribution in [0.5, 0.6) is 0 Å². The quantitative estimate of drug-likeness (QED) is 0.577. The lowest BCUT2D eigenvalue weighted by molar-refractivity contribution is -0.127. The fourth-order valence-corrected chi connectivity index (χ4v) is 4.92. The van der Waals surface area contributed by atoms with Crippen LogP contribution in [-0.2, 0) is 23.9 Å². The van der Waals surface area contributed by atoms with E-state index in [0.717, 1.165) is 11.9 Å². The highest BCUT2D eigenvalue weighted by Crippen LogP contribution is 2.53. The Balaban J connectivity index is 2.09. The Hall–Kier alpha value is -1.59. The second-order valence-electron chi connectivity index (χ2n) is 7.89. The van der Waals surface area contributed by atoms with E-state index >= 15 is 0 Å². The Morgan fingerprint density at radius 1 is 1.40 bits per heavy atom. The van der Waals surface area contributed by atoms with Crippen LogP contribution >= 0.6 is 0 Å². The Morgan fingerprint density at radius 3 is 2.76 bits per heavy atom. The molecule has 0 amide bonds. The van der Waals surface area contributed by atoms with E-state index in [1.54, 1.807) is 19.1 Å². The van der Waals surface area contributed by atoms with Gasteiger partial charge in [-0.15, -0.1) is 0 Å². The number of allylic oxidation sites excluding steroid dienone is 2. The topological polar surface area (TPSA) is 69.7 Å². The highest BCUT2D eigenvalue weighted by atomic mass is 16.6. The van der Waals surface area contributed by atoms with Crippen molar-refractivity contribution in [1.29, 1.82) is 0 Å². The van der Waals surface area contributed by atoms with Crippen LogP contribution in [0.4, 0.5) is 0 Å². The van der Waals surface area contributed by atoms with E-state index in [9.17, 15) is 14.4 Å². The molecule has 5 nitrogen and oxygen atoms in total. The molecular formula is C20H26O5. The molecular weight excluding hydrogens is 320 g/mol. The lowest BCUT2D eigenvalue weighted by Gasteiger charge is -2.37. The van der Waals surface area contributed by atoms with Gasteiger partial charge in [0.05, 0.1) is 18.8 Å². The van der Waals surface area contributed by atoms with Gasteiger partial charge in [-0.25, -0.2) is 0 Å². The molecule has 3 rings (SSSR count). The molecule has 0 saturated carbocycles. The molecule has 0 aromatic carbocycles. The van der Waals surface area contributed by atoms with Gasteiger partial charge >= 0.3 is 0 Å². The minimum absolute atomic E-state index is 0.0321. The molecule has 0 aromatic rings. The van der Waals surface area contributed by atoms with Gasteiger partial charge in [0.1, 0.15) is 17.7 Å². The van der Waals surface area contributed by atoms with E-state index in [-0.39, 0.29) is 47.4 Å². The number of Topliss-reactive ketones (excluding diaryl/α,β-unsaturated/α-hetero) is 1. The SMILES string of the molecule is CC(=O)CC1OC2C3C(C(=O)C=C(C)C13)C(C)COC2(C)C=CC=O. The molecule has 3 aliphatic rings. The average Bonchev–Trinajstić information content (AvgIpc) is 2.85. The molecule has 0 N–H and O–H groups in total. The number of carbonyl (C=O) groups excluding carboxylic acids is 3. The Morgan fingerprint density at radius 2 is 2.12 bits per heavy atom. The molecule has 2 fully saturated rings. The maximum absolute atomic E-state index is 12.7. The Kier molecular flexibility index (Phi) is 4.82. The van der Waals surface area contributed by atoms with Gasteiger partial charge in [-0.1, -0.05) is 12.5 Å². The van der Waals surface area contributed by atoms with Crippen molar-refractivity contribution >= 4 is 17.9 Å². The lowest BCUT2D eigenvalue weighted by Crippen LogP contribution is -2.46. The summed E-state index contributed by atoms with van der Waals surface area (Å²) >= 11 is 0. The van der Waals surface area contributed by atoms with Crippen molar-refractivity contribution in [1.82, 2.24) is 0 Å². The normalized spacial score (nSPS) is 43.5. The summed E-state index contributed by atoms with van der Waals surface area (Å²) in [7, 11) is 0. The fraction of sp³-hybridized carbons (Fsp3) is 0.650. The smallest absolute Gasteiger partial charge is 0.159 e. The number of aldehydes is 1. The molecule has 0 spiro atoms. The molecule has 2 aliphatic heterocycles. The second kappa shape index (κ2) is 6.61. The molecule has 0 aromatic heterocycles. The van der Waals surface area contributed by atoms with Gasteiger partial charge in [0.2, 0.25) is 0 Å². The molecule has 1 aliphatic carbocycles. The van der Waals surface area contributed by atoms with Crippen molar-refractivity contribution in [3.63, 3.8) is 0 Å². The number of ether oxygens (including phenoxy) is 2. The highest BCUT2D eigenvalue weighted by molar-refractivity contribution is 5.94. The van der Waals surface area contributed by atoms with E-state index in [2.05, 4.69) is 0 Å². The van der Waals surface area contributed by atoms with Gasteiger partial charge in [-0.2, -0.15) is 0 Å². The third-order valence-corrected chi connectivity index (χ3v) is 5.95. The maximum Gasteiger partial charge on any atom is 0.159 e. The minimum atomic E-state index is -0.795. The van der Waals surface area contributed by atoms with E-state index in [1.807, 2.05) is 20.8 Å². The van der Waals surface area contributed by atoms with Crippen LogP contribution < -0.4 is 0 Å². The van der Waals surface area contributed by atoms with Crippen molar-refractivity contribution in [2.75, 3.05) is 6.61 Å². The van der Waals surface area contributed by atoms with Crippen LogP contribution in [-0.4, -0.2) is 42.3 Å². The van der Waals surface area contributed by atoms with Crippen molar-refractivity contribution in [3.05, 3.63) is 23.8 Å². The summed E-state index contributed by atoms with van der Waals surface area (Å²) in [4.78, 5) is 35.3. The van der Waals surface area contributed by atoms with E-state index < -0.39 is 5.60 Å². The average molecular weight is 346 g/mol. The van der Waals surface area contributed by atoms with Gasteiger partial charge in [-0.3, -0.25) is 14.4 Å². The first-order valence-electron chi connectivity index (χ1n) is 8.92. The van der Waals surface area contributed by atoms with Crippen molar-refractivity contribution in [2.45, 2.75) is 51.9 Å². The molecule has 0 bridgehead atoms. The van der Waals surface area contributed by atoms with Crippen LogP contribution in [0.1, 0.15) is 34.1 Å². The first-order valence-corrected chi connectivity index (χ1v) is 8.92. The summed E-state index contributed by atoms with van der Waals surface area (Å²) in [5.41, 5.74) is 0.187. The summed E-state index contributed by atoms with van der Waals surface area (Å²) in [5.74, 6) is 0.0582. The van der Waals surface area contributed by atoms with E-state index in [4.69, 9.17) is 9.47 Å². The predicted octanol–water partition coefficient (Wildman–Crippen LogP) is 2.29. The van der Waals surface area contributed by atoms with Gasteiger partial charge in [-0.05, 0) is 44.9 Å². The standard InChI is InChI=1S/C20H26O5/c1-11-8-14(23)16-12(2)10-24-20(4,6-5-7-21)19-18(16)17(11)15(25-19)9-13(3)22/h5-8,12,15-19H,9-10H2,1-4H3. The Bertz CT molecular complexity index is 648. The second-order valence-corrected chi connectivity index (χ2v) is 7.89. The number of hydrogen-bond acceptors (Lipinski definition) is 5. The summed E-state index contributed by atoms with van der Waals surface area (Å²) in [6, 6.07) is 0. The fourth-order valence-electron chi connectivity index (χ4n) is 4.92. The summed E-state index contributed by atoms with van der Waals surface area (Å²) in [6.07, 6.45) is 5.31. The molecule has 5 heteroatoms. The Labute approximate surface area is 148 Å². The predicted molar refractivity (Wildman–Crippen MR) is 91.9 cm³/mol. The highest BCUT2D eigenvalue weighted by Gasteiger charge is 2.60.